The number of nitrogens with one attached hydrogen (secondary N) is 1. The average molecular weight is 436 g/mol. The molecule has 2 aliphatic heterocycles. The summed E-state index contributed by atoms with van der Waals surface area (Å²) in [4.78, 5) is 24.1. The molecule has 32 heavy (non-hydrogen) atoms. The zero-order valence-corrected chi connectivity index (χ0v) is 19.5. The molecule has 1 amide bonds. The number of rotatable bonds is 7. The van der Waals surface area contributed by atoms with Crippen molar-refractivity contribution in [2.45, 2.75) is 45.2 Å². The van der Waals surface area contributed by atoms with Gasteiger partial charge in [-0.1, -0.05) is 13.0 Å². The van der Waals surface area contributed by atoms with Gasteiger partial charge in [0.15, 0.2) is 0 Å². The van der Waals surface area contributed by atoms with Gasteiger partial charge in [-0.15, -0.1) is 0 Å². The first-order valence-electron chi connectivity index (χ1n) is 12.1. The first-order chi connectivity index (χ1) is 15.6. The Bertz CT molecular complexity index is 840. The number of hydrogen-bond acceptors (Lipinski definition) is 5. The molecule has 0 radical (unpaired) electrons. The number of piperidine rings is 1. The van der Waals surface area contributed by atoms with E-state index in [4.69, 9.17) is 0 Å². The van der Waals surface area contributed by atoms with Crippen molar-refractivity contribution in [2.24, 2.45) is 0 Å². The van der Waals surface area contributed by atoms with Gasteiger partial charge in [-0.05, 0) is 62.7 Å². The van der Waals surface area contributed by atoms with Crippen LogP contribution in [0.3, 0.4) is 0 Å². The molecule has 2 aromatic rings. The number of aromatic nitrogens is 1. The Kier molecular flexibility index (Phi) is 7.76. The molecule has 1 aromatic heterocycles. The number of carbonyl (C=O) groups excluding carboxylic acids is 1. The molecule has 1 N–H and O–H groups in total. The number of hydrogen-bond donors (Lipinski definition) is 1. The van der Waals surface area contributed by atoms with Crippen molar-refractivity contribution in [1.82, 2.24) is 20.1 Å². The third kappa shape index (κ3) is 5.87. The summed E-state index contributed by atoms with van der Waals surface area (Å²) in [5, 5.41) is 3.79. The van der Waals surface area contributed by atoms with Crippen LogP contribution in [-0.2, 0) is 6.42 Å². The van der Waals surface area contributed by atoms with Crippen LogP contribution in [0.25, 0.3) is 0 Å². The normalized spacial score (nSPS) is 19.2. The van der Waals surface area contributed by atoms with Gasteiger partial charge in [0.05, 0.1) is 0 Å². The Morgan fingerprint density at radius 3 is 2.38 bits per heavy atom. The van der Waals surface area contributed by atoms with Crippen molar-refractivity contribution in [3.63, 3.8) is 0 Å². The van der Waals surface area contributed by atoms with E-state index in [1.807, 2.05) is 29.3 Å². The SMILES string of the molecule is CCN1CCN(C(=O)c2ccc(N3CCC(NC(C)Cc4ccccn4)CC3)cc2)CC1. The summed E-state index contributed by atoms with van der Waals surface area (Å²) >= 11 is 0. The van der Waals surface area contributed by atoms with Crippen LogP contribution in [0.5, 0.6) is 0 Å². The van der Waals surface area contributed by atoms with Crippen LogP contribution in [0.15, 0.2) is 48.7 Å². The fraction of sp³-hybridized carbons (Fsp3) is 0.538. The van der Waals surface area contributed by atoms with Gasteiger partial charge in [-0.3, -0.25) is 9.78 Å². The third-order valence-electron chi connectivity index (χ3n) is 6.84. The van der Waals surface area contributed by atoms with Crippen LogP contribution < -0.4 is 10.2 Å². The van der Waals surface area contributed by atoms with E-state index in [2.05, 4.69) is 58.2 Å². The zero-order chi connectivity index (χ0) is 22.3. The molecular formula is C26H37N5O. The Morgan fingerprint density at radius 1 is 1.03 bits per heavy atom. The number of nitrogens with zero attached hydrogens (tertiary/aromatic N) is 4. The number of anilines is 1. The molecule has 2 fully saturated rings. The van der Waals surface area contributed by atoms with Gasteiger partial charge in [0.25, 0.3) is 5.91 Å². The minimum atomic E-state index is 0.164. The molecule has 4 rings (SSSR count). The predicted molar refractivity (Wildman–Crippen MR) is 130 cm³/mol. The highest BCUT2D eigenvalue weighted by atomic mass is 16.2. The van der Waals surface area contributed by atoms with Gasteiger partial charge in [0.2, 0.25) is 0 Å². The number of pyridine rings is 1. The van der Waals surface area contributed by atoms with Gasteiger partial charge in [-0.25, -0.2) is 0 Å². The fourth-order valence-corrected chi connectivity index (χ4v) is 4.86. The second-order valence-corrected chi connectivity index (χ2v) is 9.13. The van der Waals surface area contributed by atoms with Crippen LogP contribution in [0.4, 0.5) is 5.69 Å². The summed E-state index contributed by atoms with van der Waals surface area (Å²) in [6.07, 6.45) is 5.10. The maximum absolute atomic E-state index is 12.8. The minimum absolute atomic E-state index is 0.164. The summed E-state index contributed by atoms with van der Waals surface area (Å²) in [5.74, 6) is 0.164. The molecular weight excluding hydrogens is 398 g/mol. The standard InChI is InChI=1S/C26H37N5O/c1-3-29-16-18-31(19-17-29)26(32)22-7-9-25(10-8-22)30-14-11-23(12-15-30)28-21(2)20-24-6-4-5-13-27-24/h4-10,13,21,23,28H,3,11-12,14-20H2,1-2H3. The Morgan fingerprint density at radius 2 is 1.75 bits per heavy atom. The summed E-state index contributed by atoms with van der Waals surface area (Å²) in [6, 6.07) is 15.3. The molecule has 3 heterocycles. The van der Waals surface area contributed by atoms with Gasteiger partial charge < -0.3 is 20.0 Å². The van der Waals surface area contributed by atoms with E-state index >= 15 is 0 Å². The van der Waals surface area contributed by atoms with Crippen LogP contribution in [0.1, 0.15) is 42.7 Å². The van der Waals surface area contributed by atoms with E-state index in [0.717, 1.165) is 76.3 Å². The molecule has 1 unspecified atom stereocenters. The summed E-state index contributed by atoms with van der Waals surface area (Å²) in [6.45, 7) is 11.2. The topological polar surface area (TPSA) is 51.7 Å². The second kappa shape index (κ2) is 10.9. The van der Waals surface area contributed by atoms with Gasteiger partial charge >= 0.3 is 0 Å². The molecule has 0 bridgehead atoms. The highest BCUT2D eigenvalue weighted by Crippen LogP contribution is 2.22. The molecule has 0 aliphatic carbocycles. The zero-order valence-electron chi connectivity index (χ0n) is 19.5. The van der Waals surface area contributed by atoms with E-state index in [-0.39, 0.29) is 5.91 Å². The summed E-state index contributed by atoms with van der Waals surface area (Å²) in [7, 11) is 0. The van der Waals surface area contributed by atoms with Crippen molar-refractivity contribution in [3.05, 3.63) is 59.9 Å². The second-order valence-electron chi connectivity index (χ2n) is 9.13. The lowest BCUT2D eigenvalue weighted by molar-refractivity contribution is 0.0643. The molecule has 0 saturated carbocycles. The van der Waals surface area contributed by atoms with Crippen molar-refractivity contribution >= 4 is 11.6 Å². The maximum Gasteiger partial charge on any atom is 0.253 e. The largest absolute Gasteiger partial charge is 0.371 e. The van der Waals surface area contributed by atoms with E-state index in [1.54, 1.807) is 0 Å². The van der Waals surface area contributed by atoms with Crippen LogP contribution in [0, 0.1) is 0 Å². The smallest absolute Gasteiger partial charge is 0.253 e. The quantitative estimate of drug-likeness (QED) is 0.725. The maximum atomic E-state index is 12.8. The van der Waals surface area contributed by atoms with Crippen molar-refractivity contribution in [3.8, 4) is 0 Å². The lowest BCUT2D eigenvalue weighted by Gasteiger charge is -2.35. The molecule has 6 heteroatoms. The van der Waals surface area contributed by atoms with Crippen molar-refractivity contribution < 1.29 is 4.79 Å². The highest BCUT2D eigenvalue weighted by molar-refractivity contribution is 5.94. The molecule has 172 valence electrons. The Hall–Kier alpha value is -2.44. The van der Waals surface area contributed by atoms with Crippen LogP contribution >= 0.6 is 0 Å². The fourth-order valence-electron chi connectivity index (χ4n) is 4.86. The minimum Gasteiger partial charge on any atom is -0.371 e. The number of likely N-dealkylation sites (N-methyl/N-ethyl adjacent to an activating group) is 1. The Balaban J connectivity index is 1.24. The summed E-state index contributed by atoms with van der Waals surface area (Å²) < 4.78 is 0. The first-order valence-corrected chi connectivity index (χ1v) is 12.1. The lowest BCUT2D eigenvalue weighted by Crippen LogP contribution is -2.48. The number of amides is 1. The van der Waals surface area contributed by atoms with E-state index in [0.29, 0.717) is 12.1 Å². The molecule has 1 atom stereocenters. The van der Waals surface area contributed by atoms with Gasteiger partial charge in [-0.2, -0.15) is 0 Å². The molecule has 2 saturated heterocycles. The first kappa shape index (κ1) is 22.7. The highest BCUT2D eigenvalue weighted by Gasteiger charge is 2.23. The predicted octanol–water partition coefficient (Wildman–Crippen LogP) is 3.05. The number of piperazine rings is 1. The summed E-state index contributed by atoms with van der Waals surface area (Å²) in [5.41, 5.74) is 3.17. The molecule has 6 nitrogen and oxygen atoms in total. The monoisotopic (exact) mass is 435 g/mol. The lowest BCUT2D eigenvalue weighted by atomic mass is 10.0. The van der Waals surface area contributed by atoms with E-state index in [1.165, 1.54) is 5.69 Å². The number of benzene rings is 1. The number of carbonyl (C=O) groups is 1. The van der Waals surface area contributed by atoms with Gasteiger partial charge in [0, 0.05) is 80.9 Å². The van der Waals surface area contributed by atoms with Gasteiger partial charge in [0.1, 0.15) is 0 Å². The van der Waals surface area contributed by atoms with Crippen molar-refractivity contribution in [1.29, 1.82) is 0 Å². The average Bonchev–Trinajstić information content (AvgIpc) is 2.85. The van der Waals surface area contributed by atoms with E-state index in [9.17, 15) is 4.79 Å². The third-order valence-corrected chi connectivity index (χ3v) is 6.84. The Labute approximate surface area is 192 Å². The van der Waals surface area contributed by atoms with E-state index < -0.39 is 0 Å². The van der Waals surface area contributed by atoms with Crippen LogP contribution in [-0.4, -0.2) is 78.6 Å². The van der Waals surface area contributed by atoms with Crippen molar-refractivity contribution in [2.75, 3.05) is 50.7 Å². The molecule has 0 spiro atoms. The molecule has 1 aromatic carbocycles. The van der Waals surface area contributed by atoms with Crippen LogP contribution in [0.2, 0.25) is 0 Å². The molecule has 2 aliphatic rings.